The van der Waals surface area contributed by atoms with Crippen molar-refractivity contribution in [3.8, 4) is 0 Å². The highest BCUT2D eigenvalue weighted by atomic mass is 35.5. The molecule has 0 saturated carbocycles. The van der Waals surface area contributed by atoms with Gasteiger partial charge in [-0.05, 0) is 224 Å². The third-order valence-electron chi connectivity index (χ3n) is 18.4. The average molecular weight is 1410 g/mol. The van der Waals surface area contributed by atoms with E-state index in [2.05, 4.69) is 231 Å². The van der Waals surface area contributed by atoms with Gasteiger partial charge >= 0.3 is 0 Å². The predicted octanol–water partition coefficient (Wildman–Crippen LogP) is 16.5. The van der Waals surface area contributed by atoms with E-state index in [1.54, 1.807) is 13.1 Å². The molecule has 2 aliphatic rings. The van der Waals surface area contributed by atoms with Crippen LogP contribution in [0.25, 0.3) is 33.1 Å². The fourth-order valence-electron chi connectivity index (χ4n) is 12.7. The number of nitrogen functional groups attached to an aromatic ring is 1. The Morgan fingerprint density at radius 3 is 1.44 bits per heavy atom. The number of hydrogen-bond donors (Lipinski definition) is 8. The number of nitrogens with zero attached hydrogens (tertiary/aromatic N) is 13. The van der Waals surface area contributed by atoms with Crippen molar-refractivity contribution in [3.63, 3.8) is 0 Å². The van der Waals surface area contributed by atoms with Gasteiger partial charge in [-0.15, -0.1) is 0 Å². The molecule has 0 aliphatic carbocycles. The highest BCUT2D eigenvalue weighted by Crippen LogP contribution is 2.35. The van der Waals surface area contributed by atoms with Gasteiger partial charge in [0.25, 0.3) is 0 Å². The van der Waals surface area contributed by atoms with E-state index < -0.39 is 0 Å². The van der Waals surface area contributed by atoms with Crippen LogP contribution in [-0.2, 0) is 48.5 Å². The summed E-state index contributed by atoms with van der Waals surface area (Å²) in [5, 5.41) is 40.6. The third-order valence-corrected chi connectivity index (χ3v) is 18.5. The van der Waals surface area contributed by atoms with Gasteiger partial charge in [-0.1, -0.05) is 79.7 Å². The van der Waals surface area contributed by atoms with Gasteiger partial charge in [-0.3, -0.25) is 9.59 Å². The molecule has 0 unspecified atom stereocenters. The maximum atomic E-state index is 11.4. The summed E-state index contributed by atoms with van der Waals surface area (Å²) in [6.45, 7) is 34.2. The van der Waals surface area contributed by atoms with E-state index in [-0.39, 0.29) is 35.2 Å². The predicted molar refractivity (Wildman–Crippen MR) is 417 cm³/mol. The van der Waals surface area contributed by atoms with Crippen molar-refractivity contribution >= 4 is 120 Å². The van der Waals surface area contributed by atoms with E-state index in [0.29, 0.717) is 25.0 Å². The third kappa shape index (κ3) is 17.3. The molecule has 2 amide bonds. The number of amides is 2. The van der Waals surface area contributed by atoms with Crippen LogP contribution in [0.1, 0.15) is 147 Å². The molecular weight excluding hydrogens is 1310 g/mol. The molecule has 8 heterocycles. The van der Waals surface area contributed by atoms with Crippen LogP contribution in [0.4, 0.5) is 63.5 Å². The fraction of sp³-hybridized carbons (Fsp3) is 0.329. The molecule has 2 aliphatic heterocycles. The second-order valence-corrected chi connectivity index (χ2v) is 27.5. The van der Waals surface area contributed by atoms with Gasteiger partial charge in [-0.25, -0.2) is 29.0 Å². The number of carbonyl (C=O) groups excluding carboxylic acids is 2. The van der Waals surface area contributed by atoms with Crippen molar-refractivity contribution in [3.05, 3.63) is 200 Å². The van der Waals surface area contributed by atoms with E-state index in [1.165, 1.54) is 57.0 Å². The summed E-state index contributed by atoms with van der Waals surface area (Å²) in [7, 11) is 0. The Labute approximate surface area is 607 Å². The van der Waals surface area contributed by atoms with E-state index in [9.17, 15) is 9.59 Å². The maximum Gasteiger partial charge on any atom is 0.229 e. The molecule has 9 N–H and O–H groups in total. The zero-order valence-corrected chi connectivity index (χ0v) is 62.4. The number of halogens is 1. The number of benzene rings is 6. The lowest BCUT2D eigenvalue weighted by Crippen LogP contribution is -2.34. The number of rotatable bonds is 16. The molecule has 24 heteroatoms. The maximum absolute atomic E-state index is 11.4. The van der Waals surface area contributed by atoms with Crippen LogP contribution in [-0.4, -0.2) is 89.0 Å². The Balaban J connectivity index is 0.000000144. The van der Waals surface area contributed by atoms with Crippen molar-refractivity contribution in [1.29, 1.82) is 0 Å². The molecule has 0 saturated heterocycles. The van der Waals surface area contributed by atoms with E-state index in [1.807, 2.05) is 61.7 Å². The number of anilines is 11. The van der Waals surface area contributed by atoms with E-state index in [0.717, 1.165) is 140 Å². The smallest absolute Gasteiger partial charge is 0.229 e. The normalized spacial score (nSPS) is 12.4. The number of aromatic nitrogens is 12. The number of hydrogen-bond acceptors (Lipinski definition) is 18. The van der Waals surface area contributed by atoms with Crippen LogP contribution in [0, 0.1) is 41.5 Å². The molecule has 534 valence electrons. The van der Waals surface area contributed by atoms with Crippen LogP contribution < -0.4 is 43.0 Å². The quantitative estimate of drug-likeness (QED) is 0.0330. The van der Waals surface area contributed by atoms with Crippen LogP contribution in [0.2, 0.25) is 5.28 Å². The molecule has 6 aromatic heterocycles. The molecule has 12 aromatic rings. The van der Waals surface area contributed by atoms with Crippen LogP contribution in [0.3, 0.4) is 0 Å². The Kier molecular flexibility index (Phi) is 23.0. The van der Waals surface area contributed by atoms with Crippen molar-refractivity contribution in [1.82, 2.24) is 74.8 Å². The zero-order chi connectivity index (χ0) is 73.3. The summed E-state index contributed by atoms with van der Waals surface area (Å²) in [4.78, 5) is 51.7. The number of aryl methyl sites for hydroxylation is 7. The molecule has 0 bridgehead atoms. The minimum atomic E-state index is -0.0496. The van der Waals surface area contributed by atoms with Gasteiger partial charge in [-0.2, -0.15) is 30.2 Å². The topological polar surface area (TPSA) is 278 Å². The van der Waals surface area contributed by atoms with Crippen molar-refractivity contribution in [2.24, 2.45) is 0 Å². The zero-order valence-electron chi connectivity index (χ0n) is 61.6. The summed E-state index contributed by atoms with van der Waals surface area (Å²) in [6.07, 6.45) is 8.28. The lowest BCUT2D eigenvalue weighted by atomic mass is 9.99. The second kappa shape index (κ2) is 32.3. The number of para-hydroxylation sites is 3. The van der Waals surface area contributed by atoms with Crippen LogP contribution >= 0.6 is 11.6 Å². The van der Waals surface area contributed by atoms with Gasteiger partial charge in [0.2, 0.25) is 29.0 Å². The van der Waals surface area contributed by atoms with Crippen LogP contribution in [0.5, 0.6) is 0 Å². The summed E-state index contributed by atoms with van der Waals surface area (Å²) in [5.74, 6) is 3.41. The summed E-state index contributed by atoms with van der Waals surface area (Å²) < 4.78 is 5.73. The summed E-state index contributed by atoms with van der Waals surface area (Å²) in [5.41, 5.74) is 28.3. The van der Waals surface area contributed by atoms with E-state index in [4.69, 9.17) is 37.5 Å². The molecule has 6 aromatic carbocycles. The number of fused-ring (bicyclic) bond motifs is 5. The number of nitrogens with one attached hydrogen (secondary N) is 7. The molecule has 0 radical (unpaired) electrons. The number of nitrogens with two attached hydrogens (primary N) is 1. The van der Waals surface area contributed by atoms with Crippen molar-refractivity contribution in [2.75, 3.05) is 45.4 Å². The van der Waals surface area contributed by atoms with Crippen molar-refractivity contribution in [2.45, 2.75) is 161 Å². The number of carbonyl (C=O) groups is 2. The Hall–Kier alpha value is -11.0. The lowest BCUT2D eigenvalue weighted by molar-refractivity contribution is -0.129. The minimum absolute atomic E-state index is 0.0496. The van der Waals surface area contributed by atoms with Gasteiger partial charge in [0, 0.05) is 111 Å². The minimum Gasteiger partial charge on any atom is -0.399 e. The highest BCUT2D eigenvalue weighted by molar-refractivity contribution is 6.28. The SMILES string of the molecule is CC(=O)N1CCc2ccc(N)cc2C1.CCc1ccc(Nc2ncc3c(Nc4c(C)cccc4C)nn(C(C)C)c3n2)cc1CNC(C)=O.Cc1cccc(C)c1Nc1nn(C(C)C)c2nc(Cl)ncc12.Cc1cccc(C)c1Nc1nn(C(C)C)c2nc(Nc3ccc4c(c3)CNCC4)ncc12. The highest BCUT2D eigenvalue weighted by Gasteiger charge is 2.23. The molecule has 0 spiro atoms. The molecule has 0 atom stereocenters. The summed E-state index contributed by atoms with van der Waals surface area (Å²) in [6, 6.07) is 37.7. The van der Waals surface area contributed by atoms with E-state index >= 15 is 0 Å². The van der Waals surface area contributed by atoms with Gasteiger partial charge < -0.3 is 47.9 Å². The molecule has 23 nitrogen and oxygen atoms in total. The first-order valence-corrected chi connectivity index (χ1v) is 35.5. The Morgan fingerprint density at radius 2 is 0.971 bits per heavy atom. The standard InChI is InChI=1S/C27H33N7O.C25H29N7.C16H18ClN5.C11H14N2O/c1-7-20-11-12-22(13-21(20)14-28-19(6)35)30-27-29-15-23-25(33-34(16(2)3)26(23)32-27)31-24-17(4)9-8-10-18(24)5;1-15(2)32-24-21(23(31-32)29-22-16(3)6-5-7-17(22)4)14-27-25(30-24)28-20-9-8-18-10-11-26-13-19(18)12-20;1-9(2)22-15-12(8-18-16(17)20-15)14(21-22)19-13-10(3)6-5-7-11(13)4;1-8(14)13-5-4-9-2-3-11(12)6-10(9)7-13/h8-13,15-16H,7,14H2,1-6H3,(H,28,35)(H,31,33)(H,29,30,32);5-9,12,14-15,26H,10-11,13H2,1-4H3,(H,29,31)(H,27,28,30);5-9H,1-4H3,(H,19,21);2-3,6H,4-5,7,12H2,1H3. The van der Waals surface area contributed by atoms with Gasteiger partial charge in [0.1, 0.15) is 0 Å². The Morgan fingerprint density at radius 1 is 0.524 bits per heavy atom. The van der Waals surface area contributed by atoms with Crippen molar-refractivity contribution < 1.29 is 9.59 Å². The molecule has 14 rings (SSSR count). The largest absolute Gasteiger partial charge is 0.399 e. The second-order valence-electron chi connectivity index (χ2n) is 27.2. The molecule has 0 fully saturated rings. The first-order valence-electron chi connectivity index (χ1n) is 35.2. The Bertz CT molecular complexity index is 5010. The molecule has 103 heavy (non-hydrogen) atoms. The first kappa shape index (κ1) is 73.2. The monoisotopic (exact) mass is 1400 g/mol. The fourth-order valence-corrected chi connectivity index (χ4v) is 12.8. The lowest BCUT2D eigenvalue weighted by Gasteiger charge is -2.28. The van der Waals surface area contributed by atoms with Crippen LogP contribution in [0.15, 0.2) is 128 Å². The average Bonchev–Trinajstić information content (AvgIpc) is 1.68. The first-order chi connectivity index (χ1) is 49.4. The molecular formula is C79H94ClN21O2. The summed E-state index contributed by atoms with van der Waals surface area (Å²) >= 11 is 5.93. The van der Waals surface area contributed by atoms with Gasteiger partial charge in [0.05, 0.1) is 16.2 Å². The van der Waals surface area contributed by atoms with Gasteiger partial charge in [0.15, 0.2) is 34.4 Å².